The highest BCUT2D eigenvalue weighted by Gasteiger charge is 2.15. The van der Waals surface area contributed by atoms with Gasteiger partial charge in [0.25, 0.3) is 0 Å². The molecule has 1 saturated heterocycles. The number of anilines is 3. The molecule has 0 unspecified atom stereocenters. The van der Waals surface area contributed by atoms with E-state index >= 15 is 0 Å². The number of carbonyl (C=O) groups excluding carboxylic acids is 1. The van der Waals surface area contributed by atoms with Crippen molar-refractivity contribution in [2.75, 3.05) is 55.6 Å². The molecule has 1 aliphatic heterocycles. The third kappa shape index (κ3) is 5.54. The van der Waals surface area contributed by atoms with E-state index in [-0.39, 0.29) is 5.91 Å². The zero-order valence-corrected chi connectivity index (χ0v) is 17.2. The molecule has 1 amide bonds. The monoisotopic (exact) mass is 399 g/mol. The molecule has 0 saturated carbocycles. The van der Waals surface area contributed by atoms with E-state index in [1.807, 2.05) is 56.3 Å². The third-order valence-electron chi connectivity index (χ3n) is 4.75. The van der Waals surface area contributed by atoms with E-state index in [1.54, 1.807) is 7.11 Å². The number of amides is 1. The lowest BCUT2D eigenvalue weighted by Crippen LogP contribution is -2.36. The van der Waals surface area contributed by atoms with Gasteiger partial charge in [0.1, 0.15) is 6.04 Å². The molecule has 0 aliphatic carbocycles. The van der Waals surface area contributed by atoms with Crippen LogP contribution in [0.2, 0.25) is 0 Å². The zero-order valence-electron chi connectivity index (χ0n) is 17.2. The molecule has 7 heteroatoms. The number of hydrogen-bond acceptors (Lipinski definition) is 6. The van der Waals surface area contributed by atoms with Crippen LogP contribution in [0.25, 0.3) is 0 Å². The fraction of sp³-hybridized carbons (Fsp3) is 0.409. The van der Waals surface area contributed by atoms with Gasteiger partial charge in [-0.3, -0.25) is 4.79 Å². The molecular formula is C22H29N3O4. The van der Waals surface area contributed by atoms with Gasteiger partial charge in [-0.2, -0.15) is 0 Å². The second kappa shape index (κ2) is 10.0. The highest BCUT2D eigenvalue weighted by Crippen LogP contribution is 2.30. The number of hydrogen-bond donors (Lipinski definition) is 2. The normalized spacial score (nSPS) is 14.8. The van der Waals surface area contributed by atoms with E-state index < -0.39 is 6.04 Å². The number of methoxy groups -OCH3 is 1. The second-order valence-electron chi connectivity index (χ2n) is 6.80. The SMILES string of the molecule is CCOc1ccc(N[C@@H](C)C(=O)Nc2ccc(N3CCOCC3)cc2)cc1OC. The largest absolute Gasteiger partial charge is 0.493 e. The Morgan fingerprint density at radius 1 is 1.10 bits per heavy atom. The van der Waals surface area contributed by atoms with Crippen molar-refractivity contribution in [3.63, 3.8) is 0 Å². The number of benzene rings is 2. The van der Waals surface area contributed by atoms with Crippen molar-refractivity contribution < 1.29 is 19.0 Å². The molecule has 156 valence electrons. The molecule has 7 nitrogen and oxygen atoms in total. The Hall–Kier alpha value is -2.93. The maximum atomic E-state index is 12.6. The summed E-state index contributed by atoms with van der Waals surface area (Å²) in [5.41, 5.74) is 2.69. The molecule has 1 aliphatic rings. The highest BCUT2D eigenvalue weighted by molar-refractivity contribution is 5.96. The van der Waals surface area contributed by atoms with Gasteiger partial charge in [0.2, 0.25) is 5.91 Å². The molecule has 2 aromatic carbocycles. The summed E-state index contributed by atoms with van der Waals surface area (Å²) in [4.78, 5) is 14.8. The lowest BCUT2D eigenvalue weighted by atomic mass is 10.2. The van der Waals surface area contributed by atoms with Gasteiger partial charge in [0.05, 0.1) is 26.9 Å². The van der Waals surface area contributed by atoms with Gasteiger partial charge >= 0.3 is 0 Å². The van der Waals surface area contributed by atoms with Gasteiger partial charge in [-0.25, -0.2) is 0 Å². The summed E-state index contributed by atoms with van der Waals surface area (Å²) in [6, 6.07) is 13.0. The number of nitrogens with zero attached hydrogens (tertiary/aromatic N) is 1. The predicted molar refractivity (Wildman–Crippen MR) is 115 cm³/mol. The summed E-state index contributed by atoms with van der Waals surface area (Å²) in [7, 11) is 1.60. The van der Waals surface area contributed by atoms with Crippen molar-refractivity contribution >= 4 is 23.0 Å². The first-order valence-corrected chi connectivity index (χ1v) is 9.91. The minimum Gasteiger partial charge on any atom is -0.493 e. The summed E-state index contributed by atoms with van der Waals surface area (Å²) >= 11 is 0. The minimum atomic E-state index is -0.420. The summed E-state index contributed by atoms with van der Waals surface area (Å²) in [6.45, 7) is 7.57. The van der Waals surface area contributed by atoms with Crippen LogP contribution in [0.15, 0.2) is 42.5 Å². The Morgan fingerprint density at radius 2 is 1.79 bits per heavy atom. The summed E-state index contributed by atoms with van der Waals surface area (Å²) < 4.78 is 16.3. The molecule has 0 aromatic heterocycles. The Balaban J connectivity index is 1.57. The van der Waals surface area contributed by atoms with Crippen molar-refractivity contribution in [1.29, 1.82) is 0 Å². The van der Waals surface area contributed by atoms with Crippen LogP contribution in [0, 0.1) is 0 Å². The molecule has 2 aromatic rings. The van der Waals surface area contributed by atoms with E-state index in [0.717, 1.165) is 43.4 Å². The Bertz CT molecular complexity index is 804. The van der Waals surface area contributed by atoms with Crippen molar-refractivity contribution in [3.05, 3.63) is 42.5 Å². The number of rotatable bonds is 8. The minimum absolute atomic E-state index is 0.114. The van der Waals surface area contributed by atoms with Crippen LogP contribution in [-0.4, -0.2) is 52.0 Å². The first kappa shape index (κ1) is 20.8. The molecule has 29 heavy (non-hydrogen) atoms. The standard InChI is InChI=1S/C22H29N3O4/c1-4-29-20-10-7-18(15-21(20)27-3)23-16(2)22(26)24-17-5-8-19(9-6-17)25-11-13-28-14-12-25/h5-10,15-16,23H,4,11-14H2,1-3H3,(H,24,26)/t16-/m0/s1. The second-order valence-corrected chi connectivity index (χ2v) is 6.80. The number of ether oxygens (including phenoxy) is 3. The molecular weight excluding hydrogens is 370 g/mol. The average Bonchev–Trinajstić information content (AvgIpc) is 2.76. The topological polar surface area (TPSA) is 72.1 Å². The quantitative estimate of drug-likeness (QED) is 0.709. The number of carbonyl (C=O) groups is 1. The summed E-state index contributed by atoms with van der Waals surface area (Å²) in [5.74, 6) is 1.19. The Morgan fingerprint density at radius 3 is 2.45 bits per heavy atom. The predicted octanol–water partition coefficient (Wildman–Crippen LogP) is 3.37. The van der Waals surface area contributed by atoms with Crippen LogP contribution < -0.4 is 25.0 Å². The highest BCUT2D eigenvalue weighted by atomic mass is 16.5. The van der Waals surface area contributed by atoms with Gasteiger partial charge < -0.3 is 29.7 Å². The van der Waals surface area contributed by atoms with Crippen LogP contribution in [-0.2, 0) is 9.53 Å². The van der Waals surface area contributed by atoms with Crippen LogP contribution in [0.3, 0.4) is 0 Å². The zero-order chi connectivity index (χ0) is 20.6. The maximum Gasteiger partial charge on any atom is 0.246 e. The molecule has 2 N–H and O–H groups in total. The first-order chi connectivity index (χ1) is 14.1. The van der Waals surface area contributed by atoms with Crippen LogP contribution >= 0.6 is 0 Å². The van der Waals surface area contributed by atoms with Crippen molar-refractivity contribution in [1.82, 2.24) is 0 Å². The van der Waals surface area contributed by atoms with Gasteiger partial charge in [-0.15, -0.1) is 0 Å². The van der Waals surface area contributed by atoms with Gasteiger partial charge in [0.15, 0.2) is 11.5 Å². The van der Waals surface area contributed by atoms with Crippen molar-refractivity contribution in [2.24, 2.45) is 0 Å². The summed E-state index contributed by atoms with van der Waals surface area (Å²) in [5, 5.41) is 6.15. The van der Waals surface area contributed by atoms with E-state index in [2.05, 4.69) is 15.5 Å². The third-order valence-corrected chi connectivity index (χ3v) is 4.75. The number of morpholine rings is 1. The number of nitrogens with one attached hydrogen (secondary N) is 2. The van der Waals surface area contributed by atoms with Gasteiger partial charge in [-0.1, -0.05) is 0 Å². The maximum absolute atomic E-state index is 12.6. The van der Waals surface area contributed by atoms with Crippen LogP contribution in [0.5, 0.6) is 11.5 Å². The fourth-order valence-electron chi connectivity index (χ4n) is 3.18. The van der Waals surface area contributed by atoms with E-state index in [0.29, 0.717) is 18.1 Å². The molecule has 1 fully saturated rings. The molecule has 1 atom stereocenters. The van der Waals surface area contributed by atoms with Crippen molar-refractivity contribution in [3.8, 4) is 11.5 Å². The summed E-state index contributed by atoms with van der Waals surface area (Å²) in [6.07, 6.45) is 0. The van der Waals surface area contributed by atoms with Crippen molar-refractivity contribution in [2.45, 2.75) is 19.9 Å². The Labute approximate surface area is 171 Å². The Kier molecular flexibility index (Phi) is 7.19. The van der Waals surface area contributed by atoms with Gasteiger partial charge in [-0.05, 0) is 50.2 Å². The average molecular weight is 399 g/mol. The lowest BCUT2D eigenvalue weighted by Gasteiger charge is -2.29. The van der Waals surface area contributed by atoms with Crippen LogP contribution in [0.1, 0.15) is 13.8 Å². The molecule has 0 spiro atoms. The van der Waals surface area contributed by atoms with E-state index in [4.69, 9.17) is 14.2 Å². The van der Waals surface area contributed by atoms with E-state index in [1.165, 1.54) is 0 Å². The molecule has 0 bridgehead atoms. The smallest absolute Gasteiger partial charge is 0.246 e. The first-order valence-electron chi connectivity index (χ1n) is 9.91. The van der Waals surface area contributed by atoms with Gasteiger partial charge in [0, 0.05) is 36.2 Å². The lowest BCUT2D eigenvalue weighted by molar-refractivity contribution is -0.116. The fourth-order valence-corrected chi connectivity index (χ4v) is 3.18. The molecule has 1 heterocycles. The van der Waals surface area contributed by atoms with E-state index in [9.17, 15) is 4.79 Å². The molecule has 3 rings (SSSR count). The van der Waals surface area contributed by atoms with Crippen LogP contribution in [0.4, 0.5) is 17.1 Å². The molecule has 0 radical (unpaired) electrons.